The summed E-state index contributed by atoms with van der Waals surface area (Å²) in [5.74, 6) is 2.70. The fourth-order valence-corrected chi connectivity index (χ4v) is 3.56. The number of hydrogen-bond donors (Lipinski definition) is 1. The Bertz CT molecular complexity index is 510. The second-order valence-electron chi connectivity index (χ2n) is 3.65. The minimum Gasteiger partial charge on any atom is -0.292 e. The van der Waals surface area contributed by atoms with Gasteiger partial charge in [-0.15, -0.1) is 29.1 Å². The molecule has 2 heterocycles. The van der Waals surface area contributed by atoms with Gasteiger partial charge in [-0.25, -0.2) is 0 Å². The molecule has 2 unspecified atom stereocenters. The number of hydrogen-bond acceptors (Lipinski definition) is 3. The van der Waals surface area contributed by atoms with Crippen LogP contribution in [-0.2, 0) is 0 Å². The molecule has 2 atom stereocenters. The van der Waals surface area contributed by atoms with Gasteiger partial charge in [0.05, 0.1) is 16.4 Å². The summed E-state index contributed by atoms with van der Waals surface area (Å²) in [4.78, 5) is 2.45. The van der Waals surface area contributed by atoms with Gasteiger partial charge in [0.1, 0.15) is 0 Å². The van der Waals surface area contributed by atoms with Gasteiger partial charge in [0.15, 0.2) is 0 Å². The molecule has 0 bridgehead atoms. The van der Waals surface area contributed by atoms with E-state index in [9.17, 15) is 0 Å². The molecule has 0 radical (unpaired) electrons. The third kappa shape index (κ3) is 3.11. The zero-order chi connectivity index (χ0) is 12.3. The number of halogens is 1. The second-order valence-corrected chi connectivity index (χ2v) is 6.37. The van der Waals surface area contributed by atoms with Crippen LogP contribution in [0.4, 0.5) is 0 Å². The Kier molecular flexibility index (Phi) is 4.25. The molecule has 2 aromatic heterocycles. The van der Waals surface area contributed by atoms with Gasteiger partial charge in [0.2, 0.25) is 0 Å². The van der Waals surface area contributed by atoms with Crippen LogP contribution in [0.25, 0.3) is 0 Å². The van der Waals surface area contributed by atoms with Crippen molar-refractivity contribution in [2.75, 3.05) is 0 Å². The Morgan fingerprint density at radius 2 is 2.18 bits per heavy atom. The van der Waals surface area contributed by atoms with Crippen molar-refractivity contribution in [3.63, 3.8) is 0 Å². The average Bonchev–Trinajstić information content (AvgIpc) is 2.96. The molecule has 0 saturated heterocycles. The van der Waals surface area contributed by atoms with E-state index in [2.05, 4.69) is 22.7 Å². The van der Waals surface area contributed by atoms with Gasteiger partial charge >= 0.3 is 0 Å². The molecule has 88 valence electrons. The summed E-state index contributed by atoms with van der Waals surface area (Å²) < 4.78 is 0.803. The van der Waals surface area contributed by atoms with Crippen LogP contribution in [0, 0.1) is 12.3 Å². The van der Waals surface area contributed by atoms with E-state index in [1.54, 1.807) is 22.7 Å². The Morgan fingerprint density at radius 1 is 1.35 bits per heavy atom. The van der Waals surface area contributed by atoms with E-state index in [1.807, 2.05) is 25.1 Å². The fraction of sp³-hybridized carbons (Fsp3) is 0.231. The van der Waals surface area contributed by atoms with Crippen molar-refractivity contribution in [3.8, 4) is 12.3 Å². The molecule has 2 rings (SSSR count). The van der Waals surface area contributed by atoms with E-state index in [0.717, 1.165) is 4.34 Å². The van der Waals surface area contributed by atoms with Crippen molar-refractivity contribution >= 4 is 34.3 Å². The van der Waals surface area contributed by atoms with Gasteiger partial charge in [-0.05, 0) is 30.5 Å². The maximum Gasteiger partial charge on any atom is 0.0931 e. The van der Waals surface area contributed by atoms with Gasteiger partial charge in [-0.2, -0.15) is 0 Å². The van der Waals surface area contributed by atoms with Crippen molar-refractivity contribution in [3.05, 3.63) is 43.7 Å². The van der Waals surface area contributed by atoms with Crippen LogP contribution >= 0.6 is 34.3 Å². The van der Waals surface area contributed by atoms with Gasteiger partial charge in [-0.1, -0.05) is 23.6 Å². The summed E-state index contributed by atoms with van der Waals surface area (Å²) in [6.07, 6.45) is 5.43. The number of rotatable bonds is 4. The minimum atomic E-state index is 0.0305. The molecule has 0 amide bonds. The molecule has 0 fully saturated rings. The lowest BCUT2D eigenvalue weighted by molar-refractivity contribution is 0.587. The molecule has 2 aromatic rings. The van der Waals surface area contributed by atoms with Crippen molar-refractivity contribution in [1.82, 2.24) is 5.32 Å². The summed E-state index contributed by atoms with van der Waals surface area (Å²) in [7, 11) is 0. The molecule has 0 aliphatic heterocycles. The first-order chi connectivity index (χ1) is 8.20. The van der Waals surface area contributed by atoms with Crippen molar-refractivity contribution in [2.45, 2.75) is 19.0 Å². The molecule has 1 nitrogen and oxygen atoms in total. The fourth-order valence-electron chi connectivity index (χ4n) is 1.54. The van der Waals surface area contributed by atoms with Crippen molar-refractivity contribution < 1.29 is 0 Å². The van der Waals surface area contributed by atoms with Crippen LogP contribution < -0.4 is 5.32 Å². The summed E-state index contributed by atoms with van der Waals surface area (Å²) in [6, 6.07) is 8.29. The lowest BCUT2D eigenvalue weighted by atomic mass is 10.1. The largest absolute Gasteiger partial charge is 0.292 e. The molecule has 0 saturated carbocycles. The molecule has 0 spiro atoms. The summed E-state index contributed by atoms with van der Waals surface area (Å²) in [5.41, 5.74) is 0. The van der Waals surface area contributed by atoms with Crippen LogP contribution in [0.3, 0.4) is 0 Å². The zero-order valence-corrected chi connectivity index (χ0v) is 11.7. The monoisotopic (exact) mass is 281 g/mol. The van der Waals surface area contributed by atoms with Crippen LogP contribution in [0.1, 0.15) is 22.7 Å². The molecule has 0 aromatic carbocycles. The van der Waals surface area contributed by atoms with Gasteiger partial charge in [0.25, 0.3) is 0 Å². The van der Waals surface area contributed by atoms with Crippen molar-refractivity contribution in [2.24, 2.45) is 0 Å². The first-order valence-corrected chi connectivity index (χ1v) is 7.29. The van der Waals surface area contributed by atoms with E-state index in [1.165, 1.54) is 9.75 Å². The normalized spacial score (nSPS) is 14.2. The smallest absolute Gasteiger partial charge is 0.0931 e. The summed E-state index contributed by atoms with van der Waals surface area (Å²) in [6.45, 7) is 1.98. The molecule has 0 aliphatic carbocycles. The van der Waals surface area contributed by atoms with Crippen LogP contribution in [0.15, 0.2) is 29.6 Å². The maximum atomic E-state index is 5.99. The maximum absolute atomic E-state index is 5.99. The molecular weight excluding hydrogens is 270 g/mol. The Hall–Kier alpha value is -0.790. The lowest BCUT2D eigenvalue weighted by Gasteiger charge is -2.18. The summed E-state index contributed by atoms with van der Waals surface area (Å²) in [5, 5.41) is 5.49. The molecule has 17 heavy (non-hydrogen) atoms. The highest BCUT2D eigenvalue weighted by Crippen LogP contribution is 2.33. The van der Waals surface area contributed by atoms with E-state index in [4.69, 9.17) is 18.0 Å². The number of terminal acetylenes is 1. The zero-order valence-electron chi connectivity index (χ0n) is 9.31. The minimum absolute atomic E-state index is 0.0305. The van der Waals surface area contributed by atoms with Crippen LogP contribution in [-0.4, -0.2) is 6.04 Å². The number of nitrogens with one attached hydrogen (secondary N) is 1. The Labute approximate surface area is 114 Å². The highest BCUT2D eigenvalue weighted by molar-refractivity contribution is 7.16. The highest BCUT2D eigenvalue weighted by Gasteiger charge is 2.18. The standard InChI is InChI=1S/C13H12ClNS2/c1-3-9(2)15-13(10-5-4-8-16-10)11-6-7-12(14)17-11/h1,4-9,13,15H,2H3. The van der Waals surface area contributed by atoms with E-state index in [-0.39, 0.29) is 12.1 Å². The predicted molar refractivity (Wildman–Crippen MR) is 76.9 cm³/mol. The third-order valence-electron chi connectivity index (χ3n) is 2.37. The molecule has 0 aliphatic rings. The SMILES string of the molecule is C#CC(C)NC(c1cccs1)c1ccc(Cl)s1. The second kappa shape index (κ2) is 5.70. The van der Waals surface area contributed by atoms with Crippen LogP contribution in [0.2, 0.25) is 4.34 Å². The van der Waals surface area contributed by atoms with Crippen LogP contribution in [0.5, 0.6) is 0 Å². The topological polar surface area (TPSA) is 12.0 Å². The number of thiophene rings is 2. The summed E-state index contributed by atoms with van der Waals surface area (Å²) >= 11 is 9.30. The van der Waals surface area contributed by atoms with E-state index < -0.39 is 0 Å². The molecular formula is C13H12ClNS2. The molecule has 4 heteroatoms. The van der Waals surface area contributed by atoms with Gasteiger partial charge in [-0.3, -0.25) is 5.32 Å². The first kappa shape index (κ1) is 12.7. The highest BCUT2D eigenvalue weighted by atomic mass is 35.5. The third-order valence-corrected chi connectivity index (χ3v) is 4.61. The van der Waals surface area contributed by atoms with Gasteiger partial charge < -0.3 is 0 Å². The predicted octanol–water partition coefficient (Wildman–Crippen LogP) is 4.16. The van der Waals surface area contributed by atoms with Crippen molar-refractivity contribution in [1.29, 1.82) is 0 Å². The quantitative estimate of drug-likeness (QED) is 0.830. The first-order valence-electron chi connectivity index (χ1n) is 5.21. The Morgan fingerprint density at radius 3 is 2.71 bits per heavy atom. The Balaban J connectivity index is 2.28. The average molecular weight is 282 g/mol. The van der Waals surface area contributed by atoms with E-state index in [0.29, 0.717) is 0 Å². The van der Waals surface area contributed by atoms with Gasteiger partial charge in [0, 0.05) is 9.75 Å². The lowest BCUT2D eigenvalue weighted by Crippen LogP contribution is -2.29. The van der Waals surface area contributed by atoms with E-state index >= 15 is 0 Å². The molecule has 1 N–H and O–H groups in total.